The smallest absolute Gasteiger partial charge is 1.00 e. The average molecular weight is 336 g/mol. The van der Waals surface area contributed by atoms with Gasteiger partial charge in [-0.05, 0) is 23.8 Å². The van der Waals surface area contributed by atoms with Crippen LogP contribution >= 0.6 is 15.9 Å². The minimum atomic E-state index is -0.360. The van der Waals surface area contributed by atoms with E-state index in [-0.39, 0.29) is 35.7 Å². The largest absolute Gasteiger partial charge is 2.00 e. The second-order valence-corrected chi connectivity index (χ2v) is 8.97. The average Bonchev–Trinajstić information content (AvgIpc) is 2.21. The zero-order valence-electron chi connectivity index (χ0n) is 14.2. The molecule has 0 saturated heterocycles. The minimum absolute atomic E-state index is 0. The van der Waals surface area contributed by atoms with E-state index in [1.165, 1.54) is 32.1 Å². The fourth-order valence-corrected chi connectivity index (χ4v) is 2.94. The summed E-state index contributed by atoms with van der Waals surface area (Å²) in [6.45, 7) is 10.3. The molecule has 0 aromatic heterocycles. The third kappa shape index (κ3) is 12.2. The molecule has 0 amide bonds. The Bertz CT molecular complexity index is 175. The second-order valence-electron chi connectivity index (χ2n) is 5.65. The molecule has 0 unspecified atom stereocenters. The van der Waals surface area contributed by atoms with Gasteiger partial charge in [-0.1, -0.05) is 62.9 Å². The van der Waals surface area contributed by atoms with E-state index in [4.69, 9.17) is 4.43 Å². The maximum atomic E-state index is 5.90. The van der Waals surface area contributed by atoms with Gasteiger partial charge in [-0.3, -0.25) is 0 Å². The van der Waals surface area contributed by atoms with Crippen molar-refractivity contribution in [1.82, 2.24) is 0 Å². The Morgan fingerprint density at radius 3 is 2.18 bits per heavy atom. The van der Waals surface area contributed by atoms with E-state index in [9.17, 15) is 0 Å². The van der Waals surface area contributed by atoms with E-state index in [2.05, 4.69) is 43.6 Å². The van der Waals surface area contributed by atoms with E-state index in [1.807, 2.05) is 0 Å². The van der Waals surface area contributed by atoms with Gasteiger partial charge in [0.25, 0.3) is 0 Å². The van der Waals surface area contributed by atoms with E-state index in [0.717, 1.165) is 17.9 Å². The quantitative estimate of drug-likeness (QED) is 0.331. The SMILES string of the molecule is CC(C)C(C)(C)[SiH2]OCCCCCCCBr.[H-].[H-].[Mg+2]. The van der Waals surface area contributed by atoms with Gasteiger partial charge in [-0.25, -0.2) is 0 Å². The molecule has 0 aromatic carbocycles. The molecule has 0 fully saturated rings. The molecule has 0 aliphatic rings. The van der Waals surface area contributed by atoms with Crippen LogP contribution < -0.4 is 0 Å². The van der Waals surface area contributed by atoms with Crippen LogP contribution in [-0.2, 0) is 4.43 Å². The van der Waals surface area contributed by atoms with Crippen LogP contribution in [0.4, 0.5) is 0 Å². The van der Waals surface area contributed by atoms with Crippen LogP contribution in [0, 0.1) is 5.92 Å². The van der Waals surface area contributed by atoms with Crippen molar-refractivity contribution >= 4 is 48.7 Å². The van der Waals surface area contributed by atoms with Crippen molar-refractivity contribution in [1.29, 1.82) is 0 Å². The predicted octanol–water partition coefficient (Wildman–Crippen LogP) is 4.13. The maximum absolute atomic E-state index is 5.90. The van der Waals surface area contributed by atoms with Crippen LogP contribution in [0.5, 0.6) is 0 Å². The summed E-state index contributed by atoms with van der Waals surface area (Å²) in [5.41, 5.74) is 0. The molecule has 102 valence electrons. The Labute approximate surface area is 138 Å². The van der Waals surface area contributed by atoms with Gasteiger partial charge in [-0.15, -0.1) is 0 Å². The monoisotopic (exact) mass is 334 g/mol. The molecule has 17 heavy (non-hydrogen) atoms. The third-order valence-corrected chi connectivity index (χ3v) is 6.07. The normalized spacial score (nSPS) is 12.4. The minimum Gasteiger partial charge on any atom is -1.00 e. The molecule has 1 nitrogen and oxygen atoms in total. The summed E-state index contributed by atoms with van der Waals surface area (Å²) < 4.78 is 5.90. The number of halogens is 1. The molecule has 0 radical (unpaired) electrons. The molecule has 0 spiro atoms. The molecular formula is C13H31BrMgOSi. The summed E-state index contributed by atoms with van der Waals surface area (Å²) in [6, 6.07) is 0. The van der Waals surface area contributed by atoms with Gasteiger partial charge in [0.2, 0.25) is 0 Å². The van der Waals surface area contributed by atoms with Crippen LogP contribution in [0.25, 0.3) is 0 Å². The molecule has 0 aromatic rings. The predicted molar refractivity (Wildman–Crippen MR) is 88.2 cm³/mol. The first-order valence-electron chi connectivity index (χ1n) is 6.64. The number of alkyl halides is 1. The summed E-state index contributed by atoms with van der Waals surface area (Å²) in [5, 5.41) is 1.61. The van der Waals surface area contributed by atoms with Crippen molar-refractivity contribution in [2.75, 3.05) is 11.9 Å². The van der Waals surface area contributed by atoms with Crippen molar-refractivity contribution in [2.24, 2.45) is 5.92 Å². The first-order valence-corrected chi connectivity index (χ1v) is 9.05. The fourth-order valence-electron chi connectivity index (χ4n) is 1.33. The van der Waals surface area contributed by atoms with Gasteiger partial charge in [0.1, 0.15) is 0 Å². The molecule has 0 atom stereocenters. The van der Waals surface area contributed by atoms with Gasteiger partial charge >= 0.3 is 23.1 Å². The van der Waals surface area contributed by atoms with Crippen molar-refractivity contribution in [3.63, 3.8) is 0 Å². The molecular weight excluding hydrogens is 304 g/mol. The Kier molecular flexibility index (Phi) is 15.2. The Morgan fingerprint density at radius 1 is 1.12 bits per heavy atom. The molecule has 0 aliphatic carbocycles. The molecule has 0 saturated carbocycles. The number of rotatable bonds is 10. The molecule has 0 bridgehead atoms. The summed E-state index contributed by atoms with van der Waals surface area (Å²) in [6.07, 6.45) is 6.63. The second kappa shape index (κ2) is 12.5. The molecule has 0 heterocycles. The van der Waals surface area contributed by atoms with Crippen molar-refractivity contribution in [2.45, 2.75) is 64.8 Å². The topological polar surface area (TPSA) is 9.23 Å². The van der Waals surface area contributed by atoms with Gasteiger partial charge in [0.05, 0.1) is 0 Å². The molecule has 0 N–H and O–H groups in total. The fraction of sp³-hybridized carbons (Fsp3) is 1.00. The molecule has 0 rings (SSSR count). The van der Waals surface area contributed by atoms with Crippen LogP contribution in [0.15, 0.2) is 0 Å². The zero-order chi connectivity index (χ0) is 12.4. The van der Waals surface area contributed by atoms with E-state index >= 15 is 0 Å². The Hall–Kier alpha value is 1.42. The summed E-state index contributed by atoms with van der Waals surface area (Å²) in [7, 11) is -0.360. The first kappa shape index (κ1) is 20.7. The summed E-state index contributed by atoms with van der Waals surface area (Å²) in [5.74, 6) is 0.748. The van der Waals surface area contributed by atoms with E-state index in [1.54, 1.807) is 0 Å². The van der Waals surface area contributed by atoms with E-state index < -0.39 is 0 Å². The van der Waals surface area contributed by atoms with Crippen molar-refractivity contribution in [3.8, 4) is 0 Å². The van der Waals surface area contributed by atoms with Crippen LogP contribution in [0.3, 0.4) is 0 Å². The van der Waals surface area contributed by atoms with E-state index in [0.29, 0.717) is 5.04 Å². The molecule has 0 aliphatic heterocycles. The van der Waals surface area contributed by atoms with Gasteiger partial charge in [0, 0.05) is 11.9 Å². The Balaban J connectivity index is -0.000000375. The van der Waals surface area contributed by atoms with Crippen molar-refractivity contribution in [3.05, 3.63) is 0 Å². The van der Waals surface area contributed by atoms with Crippen LogP contribution in [-0.4, -0.2) is 44.8 Å². The van der Waals surface area contributed by atoms with Crippen LogP contribution in [0.2, 0.25) is 5.04 Å². The molecule has 4 heteroatoms. The first-order chi connectivity index (χ1) is 7.50. The zero-order valence-corrected chi connectivity index (χ0v) is 16.6. The van der Waals surface area contributed by atoms with Crippen molar-refractivity contribution < 1.29 is 7.28 Å². The van der Waals surface area contributed by atoms with Crippen LogP contribution in [0.1, 0.15) is 62.7 Å². The number of hydrogen-bond acceptors (Lipinski definition) is 1. The van der Waals surface area contributed by atoms with Gasteiger partial charge in [0.15, 0.2) is 9.76 Å². The van der Waals surface area contributed by atoms with Gasteiger partial charge < -0.3 is 7.28 Å². The number of hydrogen-bond donors (Lipinski definition) is 0. The maximum Gasteiger partial charge on any atom is 2.00 e. The standard InChI is InChI=1S/C13H29BrOSi.Mg.2H/c1-12(2)13(3,4)16-15-11-9-7-5-6-8-10-14;;;/h12H,5-11,16H2,1-4H3;;;/q;+2;2*-1. The van der Waals surface area contributed by atoms with Gasteiger partial charge in [-0.2, -0.15) is 0 Å². The Morgan fingerprint density at radius 2 is 1.65 bits per heavy atom. The number of unbranched alkanes of at least 4 members (excludes halogenated alkanes) is 4. The summed E-state index contributed by atoms with van der Waals surface area (Å²) in [4.78, 5) is 0. The third-order valence-electron chi connectivity index (χ3n) is 3.46. The summed E-state index contributed by atoms with van der Waals surface area (Å²) >= 11 is 3.46.